The van der Waals surface area contributed by atoms with E-state index in [0.29, 0.717) is 5.56 Å². The smallest absolute Gasteiger partial charge is 0.271 e. The first-order chi connectivity index (χ1) is 13.5. The molecular weight excluding hydrogens is 499 g/mol. The van der Waals surface area contributed by atoms with E-state index in [0.717, 1.165) is 11.3 Å². The first-order valence-electron chi connectivity index (χ1n) is 7.84. The molecule has 3 rings (SSSR count). The molecule has 0 fully saturated rings. The van der Waals surface area contributed by atoms with E-state index >= 15 is 0 Å². The predicted octanol–water partition coefficient (Wildman–Crippen LogP) is 5.62. The fraction of sp³-hybridized carbons (Fsp3) is 0.0588. The average Bonchev–Trinajstić information content (AvgIpc) is 3.17. The van der Waals surface area contributed by atoms with Gasteiger partial charge in [-0.05, 0) is 48.2 Å². The molecule has 0 saturated heterocycles. The van der Waals surface area contributed by atoms with Crippen LogP contribution in [-0.4, -0.2) is 16.8 Å². The summed E-state index contributed by atoms with van der Waals surface area (Å²) in [7, 11) is -8.03. The van der Waals surface area contributed by atoms with Crippen LogP contribution in [0, 0.1) is 6.92 Å². The Morgan fingerprint density at radius 2 is 1.38 bits per heavy atom. The fourth-order valence-corrected chi connectivity index (χ4v) is 6.00. The van der Waals surface area contributed by atoms with Gasteiger partial charge in [0.15, 0.2) is 0 Å². The molecule has 0 unspecified atom stereocenters. The molecule has 0 spiro atoms. The molecule has 154 valence electrons. The number of sulfonamides is 2. The van der Waals surface area contributed by atoms with Crippen molar-refractivity contribution in [2.45, 2.75) is 16.0 Å². The zero-order valence-electron chi connectivity index (χ0n) is 14.6. The Hall–Kier alpha value is -1.49. The lowest BCUT2D eigenvalue weighted by Crippen LogP contribution is -2.17. The third kappa shape index (κ3) is 4.99. The molecule has 1 heterocycles. The number of benzene rings is 2. The summed E-state index contributed by atoms with van der Waals surface area (Å²) in [6.07, 6.45) is 0. The molecule has 2 N–H and O–H groups in total. The van der Waals surface area contributed by atoms with Gasteiger partial charge < -0.3 is 0 Å². The Morgan fingerprint density at radius 1 is 0.793 bits per heavy atom. The summed E-state index contributed by atoms with van der Waals surface area (Å²) in [6, 6.07) is 9.70. The molecule has 0 aliphatic heterocycles. The van der Waals surface area contributed by atoms with Crippen molar-refractivity contribution >= 4 is 77.6 Å². The summed E-state index contributed by atoms with van der Waals surface area (Å²) in [5.41, 5.74) is 0.551. The molecular formula is C17H13Cl3N2O4S3. The minimum atomic E-state index is -4.08. The highest BCUT2D eigenvalue weighted by Gasteiger charge is 2.22. The third-order valence-corrected chi connectivity index (χ3v) is 9.02. The lowest BCUT2D eigenvalue weighted by Gasteiger charge is -2.15. The van der Waals surface area contributed by atoms with Crippen molar-refractivity contribution in [3.63, 3.8) is 0 Å². The van der Waals surface area contributed by atoms with Crippen LogP contribution >= 0.6 is 46.1 Å². The van der Waals surface area contributed by atoms with E-state index in [-0.39, 0.29) is 35.5 Å². The number of rotatable bonds is 6. The first-order valence-corrected chi connectivity index (χ1v) is 12.8. The van der Waals surface area contributed by atoms with Crippen LogP contribution in [0.2, 0.25) is 15.1 Å². The second-order valence-corrected chi connectivity index (χ2v) is 11.6. The van der Waals surface area contributed by atoms with Gasteiger partial charge in [-0.1, -0.05) is 46.9 Å². The highest BCUT2D eigenvalue weighted by atomic mass is 35.5. The van der Waals surface area contributed by atoms with E-state index < -0.39 is 20.0 Å². The Morgan fingerprint density at radius 3 is 1.90 bits per heavy atom. The van der Waals surface area contributed by atoms with Crippen molar-refractivity contribution in [2.75, 3.05) is 9.44 Å². The molecule has 3 aromatic rings. The van der Waals surface area contributed by atoms with Gasteiger partial charge in [0.25, 0.3) is 20.0 Å². The molecule has 6 nitrogen and oxygen atoms in total. The van der Waals surface area contributed by atoms with Gasteiger partial charge in [-0.2, -0.15) is 0 Å². The van der Waals surface area contributed by atoms with Crippen LogP contribution in [0.3, 0.4) is 0 Å². The molecule has 29 heavy (non-hydrogen) atoms. The Balaban J connectivity index is 2.03. The largest absolute Gasteiger partial charge is 0.277 e. The summed E-state index contributed by atoms with van der Waals surface area (Å²) < 4.78 is 55.4. The van der Waals surface area contributed by atoms with E-state index in [2.05, 4.69) is 9.44 Å². The quantitative estimate of drug-likeness (QED) is 0.449. The maximum absolute atomic E-state index is 12.8. The van der Waals surface area contributed by atoms with Gasteiger partial charge in [0.1, 0.15) is 4.21 Å². The highest BCUT2D eigenvalue weighted by molar-refractivity contribution is 7.94. The summed E-state index contributed by atoms with van der Waals surface area (Å²) in [5, 5.41) is 1.98. The third-order valence-electron chi connectivity index (χ3n) is 3.76. The van der Waals surface area contributed by atoms with Crippen LogP contribution < -0.4 is 9.44 Å². The first kappa shape index (κ1) is 22.2. The van der Waals surface area contributed by atoms with E-state index in [1.807, 2.05) is 0 Å². The summed E-state index contributed by atoms with van der Waals surface area (Å²) in [5.74, 6) is 0. The number of anilines is 2. The van der Waals surface area contributed by atoms with Gasteiger partial charge in [0.2, 0.25) is 0 Å². The van der Waals surface area contributed by atoms with E-state index in [1.165, 1.54) is 30.3 Å². The second-order valence-electron chi connectivity index (χ2n) is 5.87. The summed E-state index contributed by atoms with van der Waals surface area (Å²) >= 11 is 19.1. The highest BCUT2D eigenvalue weighted by Crippen LogP contribution is 2.35. The maximum Gasteiger partial charge on any atom is 0.271 e. The zero-order chi connectivity index (χ0) is 21.4. The number of hydrogen-bond donors (Lipinski definition) is 2. The fourth-order valence-electron chi connectivity index (χ4n) is 2.27. The summed E-state index contributed by atoms with van der Waals surface area (Å²) in [4.78, 5) is -0.0914. The average molecular weight is 512 g/mol. The second kappa shape index (κ2) is 8.33. The standard InChI is InChI=1S/C17H13Cl3N2O4S3/c1-10-4-5-11(7-12(10)18)28(23,24)21-15-8-13(19)14(20)9-16(15)22-29(25,26)17-3-2-6-27-17/h2-9,21-22H,1H3. The van der Waals surface area contributed by atoms with Crippen LogP contribution in [-0.2, 0) is 20.0 Å². The van der Waals surface area contributed by atoms with Crippen LogP contribution in [0.4, 0.5) is 11.4 Å². The van der Waals surface area contributed by atoms with Crippen molar-refractivity contribution < 1.29 is 16.8 Å². The van der Waals surface area contributed by atoms with Crippen molar-refractivity contribution in [1.29, 1.82) is 0 Å². The molecule has 12 heteroatoms. The molecule has 0 saturated carbocycles. The Labute approximate surface area is 187 Å². The van der Waals surface area contributed by atoms with E-state index in [1.54, 1.807) is 24.4 Å². The minimum Gasteiger partial charge on any atom is -0.277 e. The molecule has 0 amide bonds. The van der Waals surface area contributed by atoms with Gasteiger partial charge in [0, 0.05) is 5.02 Å². The van der Waals surface area contributed by atoms with Gasteiger partial charge in [0.05, 0.1) is 26.3 Å². The number of hydrogen-bond acceptors (Lipinski definition) is 5. The number of halogens is 3. The molecule has 0 bridgehead atoms. The Kier molecular flexibility index (Phi) is 6.38. The van der Waals surface area contributed by atoms with Crippen LogP contribution in [0.5, 0.6) is 0 Å². The minimum absolute atomic E-state index is 0.0466. The van der Waals surface area contributed by atoms with Crippen molar-refractivity contribution in [3.05, 3.63) is 68.5 Å². The predicted molar refractivity (Wildman–Crippen MR) is 119 cm³/mol. The SMILES string of the molecule is Cc1ccc(S(=O)(=O)Nc2cc(Cl)c(Cl)cc2NS(=O)(=O)c2cccs2)cc1Cl. The number of nitrogens with one attached hydrogen (secondary N) is 2. The summed E-state index contributed by atoms with van der Waals surface area (Å²) in [6.45, 7) is 1.74. The van der Waals surface area contributed by atoms with Crippen molar-refractivity contribution in [2.24, 2.45) is 0 Å². The lowest BCUT2D eigenvalue weighted by molar-refractivity contribution is 0.599. The van der Waals surface area contributed by atoms with Crippen LogP contribution in [0.15, 0.2) is 56.9 Å². The molecule has 0 atom stereocenters. The van der Waals surface area contributed by atoms with E-state index in [4.69, 9.17) is 34.8 Å². The van der Waals surface area contributed by atoms with Crippen LogP contribution in [0.25, 0.3) is 0 Å². The molecule has 0 aliphatic rings. The Bertz CT molecular complexity index is 1280. The molecule has 2 aromatic carbocycles. The number of thiophene rings is 1. The van der Waals surface area contributed by atoms with Gasteiger partial charge in [-0.25, -0.2) is 16.8 Å². The normalized spacial score (nSPS) is 12.0. The van der Waals surface area contributed by atoms with Gasteiger partial charge in [-0.3, -0.25) is 9.44 Å². The monoisotopic (exact) mass is 510 g/mol. The zero-order valence-corrected chi connectivity index (χ0v) is 19.3. The molecule has 1 aromatic heterocycles. The lowest BCUT2D eigenvalue weighted by atomic mass is 10.2. The van der Waals surface area contributed by atoms with Crippen LogP contribution in [0.1, 0.15) is 5.56 Å². The van der Waals surface area contributed by atoms with Gasteiger partial charge in [-0.15, -0.1) is 11.3 Å². The number of aryl methyl sites for hydroxylation is 1. The molecule has 0 aliphatic carbocycles. The van der Waals surface area contributed by atoms with Gasteiger partial charge >= 0.3 is 0 Å². The maximum atomic E-state index is 12.8. The molecule has 0 radical (unpaired) electrons. The van der Waals surface area contributed by atoms with Crippen molar-refractivity contribution in [3.8, 4) is 0 Å². The van der Waals surface area contributed by atoms with E-state index in [9.17, 15) is 16.8 Å². The topological polar surface area (TPSA) is 92.3 Å². The van der Waals surface area contributed by atoms with Crippen molar-refractivity contribution in [1.82, 2.24) is 0 Å².